The molecule has 104 valence electrons. The number of carbonyl (C=O) groups is 1. The number of primary amides is 1. The Morgan fingerprint density at radius 1 is 1.35 bits per heavy atom. The number of hydrogen-bond donors (Lipinski definition) is 3. The predicted octanol–water partition coefficient (Wildman–Crippen LogP) is 1.64. The number of aliphatic hydroxyl groups is 1. The number of rotatable bonds is 5. The molecular weight excluding hydrogens is 258 g/mol. The number of nitrogens with one attached hydrogen (secondary N) is 1. The summed E-state index contributed by atoms with van der Waals surface area (Å²) in [5, 5.41) is 12.5. The van der Waals surface area contributed by atoms with E-state index >= 15 is 0 Å². The van der Waals surface area contributed by atoms with Crippen LogP contribution >= 0.6 is 0 Å². The number of para-hydroxylation sites is 1. The van der Waals surface area contributed by atoms with Gasteiger partial charge in [0.15, 0.2) is 12.0 Å². The standard InChI is InChI=1S/C14H15N3O3/c1-9(18)20-13-11(14(15)19)3-2-4-12(13)17-10-5-7-16-8-6-10/h2-9,18H,1H3,(H2,15,19)(H,16,17). The SMILES string of the molecule is CC(O)Oc1c(Nc2ccncc2)cccc1C(N)=O. The molecule has 4 N–H and O–H groups in total. The number of benzene rings is 1. The van der Waals surface area contributed by atoms with Gasteiger partial charge in [-0.25, -0.2) is 0 Å². The quantitative estimate of drug-likeness (QED) is 0.719. The molecule has 6 nitrogen and oxygen atoms in total. The Labute approximate surface area is 116 Å². The van der Waals surface area contributed by atoms with E-state index in [1.54, 1.807) is 36.7 Å². The van der Waals surface area contributed by atoms with Gasteiger partial charge in [0.05, 0.1) is 11.3 Å². The molecule has 0 bridgehead atoms. The number of hydrogen-bond acceptors (Lipinski definition) is 5. The fourth-order valence-corrected chi connectivity index (χ4v) is 1.72. The number of anilines is 2. The Morgan fingerprint density at radius 3 is 2.65 bits per heavy atom. The second-order valence-corrected chi connectivity index (χ2v) is 4.12. The third-order valence-electron chi connectivity index (χ3n) is 2.53. The van der Waals surface area contributed by atoms with E-state index in [0.29, 0.717) is 5.69 Å². The molecule has 2 aromatic rings. The summed E-state index contributed by atoms with van der Waals surface area (Å²) >= 11 is 0. The summed E-state index contributed by atoms with van der Waals surface area (Å²) in [6.07, 6.45) is 2.21. The third kappa shape index (κ3) is 3.24. The molecule has 0 saturated carbocycles. The lowest BCUT2D eigenvalue weighted by molar-refractivity contribution is -0.000199. The zero-order valence-electron chi connectivity index (χ0n) is 10.9. The number of nitrogens with zero attached hydrogens (tertiary/aromatic N) is 1. The molecule has 1 heterocycles. The van der Waals surface area contributed by atoms with Crippen molar-refractivity contribution in [2.75, 3.05) is 5.32 Å². The first kappa shape index (κ1) is 13.8. The van der Waals surface area contributed by atoms with Crippen LogP contribution in [0.1, 0.15) is 17.3 Å². The van der Waals surface area contributed by atoms with Gasteiger partial charge in [0.2, 0.25) is 0 Å². The maximum absolute atomic E-state index is 11.4. The lowest BCUT2D eigenvalue weighted by Crippen LogP contribution is -2.17. The number of aliphatic hydroxyl groups excluding tert-OH is 1. The van der Waals surface area contributed by atoms with Gasteiger partial charge < -0.3 is 20.9 Å². The van der Waals surface area contributed by atoms with Crippen LogP contribution in [0.5, 0.6) is 5.75 Å². The van der Waals surface area contributed by atoms with Crippen LogP contribution in [0.2, 0.25) is 0 Å². The molecule has 1 aromatic heterocycles. The van der Waals surface area contributed by atoms with Crippen LogP contribution in [-0.4, -0.2) is 22.3 Å². The van der Waals surface area contributed by atoms with Gasteiger partial charge in [-0.1, -0.05) is 6.07 Å². The average Bonchev–Trinajstić information content (AvgIpc) is 2.41. The normalized spacial score (nSPS) is 11.7. The topological polar surface area (TPSA) is 97.5 Å². The summed E-state index contributed by atoms with van der Waals surface area (Å²) in [4.78, 5) is 15.3. The molecule has 0 aliphatic heterocycles. The van der Waals surface area contributed by atoms with E-state index in [2.05, 4.69) is 10.3 Å². The van der Waals surface area contributed by atoms with Gasteiger partial charge in [-0.05, 0) is 31.2 Å². The molecule has 0 aliphatic carbocycles. The predicted molar refractivity (Wildman–Crippen MR) is 74.8 cm³/mol. The number of amides is 1. The van der Waals surface area contributed by atoms with E-state index in [0.717, 1.165) is 5.69 Å². The van der Waals surface area contributed by atoms with Crippen LogP contribution in [0.3, 0.4) is 0 Å². The third-order valence-corrected chi connectivity index (χ3v) is 2.53. The van der Waals surface area contributed by atoms with Crippen molar-refractivity contribution in [1.29, 1.82) is 0 Å². The highest BCUT2D eigenvalue weighted by Gasteiger charge is 2.16. The van der Waals surface area contributed by atoms with Crippen molar-refractivity contribution in [3.05, 3.63) is 48.3 Å². The summed E-state index contributed by atoms with van der Waals surface area (Å²) in [5.41, 5.74) is 6.82. The van der Waals surface area contributed by atoms with Gasteiger partial charge in [0.1, 0.15) is 0 Å². The Hall–Kier alpha value is -2.60. The second kappa shape index (κ2) is 6.03. The Morgan fingerprint density at radius 2 is 2.05 bits per heavy atom. The first-order chi connectivity index (χ1) is 9.58. The molecule has 0 saturated heterocycles. The number of nitrogens with two attached hydrogens (primary N) is 1. The van der Waals surface area contributed by atoms with Crippen molar-refractivity contribution in [3.8, 4) is 5.75 Å². The average molecular weight is 273 g/mol. The second-order valence-electron chi connectivity index (χ2n) is 4.12. The van der Waals surface area contributed by atoms with Crippen LogP contribution in [-0.2, 0) is 0 Å². The lowest BCUT2D eigenvalue weighted by Gasteiger charge is -2.17. The van der Waals surface area contributed by atoms with Gasteiger partial charge in [0.25, 0.3) is 5.91 Å². The van der Waals surface area contributed by atoms with Gasteiger partial charge in [0, 0.05) is 18.1 Å². The van der Waals surface area contributed by atoms with E-state index < -0.39 is 12.2 Å². The molecule has 20 heavy (non-hydrogen) atoms. The zero-order valence-corrected chi connectivity index (χ0v) is 10.9. The van der Waals surface area contributed by atoms with Crippen molar-refractivity contribution in [1.82, 2.24) is 4.98 Å². The largest absolute Gasteiger partial charge is 0.462 e. The summed E-state index contributed by atoms with van der Waals surface area (Å²) in [6.45, 7) is 1.45. The fourth-order valence-electron chi connectivity index (χ4n) is 1.72. The van der Waals surface area contributed by atoms with Crippen molar-refractivity contribution in [2.45, 2.75) is 13.2 Å². The van der Waals surface area contributed by atoms with Gasteiger partial charge in [-0.2, -0.15) is 0 Å². The van der Waals surface area contributed by atoms with E-state index in [9.17, 15) is 9.90 Å². The Balaban J connectivity index is 2.41. The summed E-state index contributed by atoms with van der Waals surface area (Å²) in [5.74, 6) is -0.411. The molecule has 1 atom stereocenters. The number of carbonyl (C=O) groups excluding carboxylic acids is 1. The van der Waals surface area contributed by atoms with Crippen LogP contribution in [0.15, 0.2) is 42.7 Å². The fraction of sp³-hybridized carbons (Fsp3) is 0.143. The van der Waals surface area contributed by atoms with Crippen molar-refractivity contribution < 1.29 is 14.6 Å². The summed E-state index contributed by atoms with van der Waals surface area (Å²) in [7, 11) is 0. The van der Waals surface area contributed by atoms with Crippen LogP contribution < -0.4 is 15.8 Å². The number of ether oxygens (including phenoxy) is 1. The highest BCUT2D eigenvalue weighted by atomic mass is 16.6. The van der Waals surface area contributed by atoms with Crippen molar-refractivity contribution in [2.24, 2.45) is 5.73 Å². The molecule has 6 heteroatoms. The monoisotopic (exact) mass is 273 g/mol. The molecule has 2 rings (SSSR count). The highest BCUT2D eigenvalue weighted by molar-refractivity contribution is 5.98. The minimum Gasteiger partial charge on any atom is -0.462 e. The lowest BCUT2D eigenvalue weighted by atomic mass is 10.1. The maximum Gasteiger partial charge on any atom is 0.252 e. The summed E-state index contributed by atoms with van der Waals surface area (Å²) < 4.78 is 5.29. The van der Waals surface area contributed by atoms with Crippen molar-refractivity contribution in [3.63, 3.8) is 0 Å². The molecule has 0 radical (unpaired) electrons. The minimum atomic E-state index is -1.06. The van der Waals surface area contributed by atoms with Gasteiger partial charge >= 0.3 is 0 Å². The minimum absolute atomic E-state index is 0.199. The smallest absolute Gasteiger partial charge is 0.252 e. The Bertz CT molecular complexity index is 600. The van der Waals surface area contributed by atoms with Gasteiger partial charge in [-0.15, -0.1) is 0 Å². The first-order valence-corrected chi connectivity index (χ1v) is 6.02. The first-order valence-electron chi connectivity index (χ1n) is 6.02. The van der Waals surface area contributed by atoms with E-state index in [1.807, 2.05) is 0 Å². The molecule has 1 aromatic carbocycles. The molecule has 0 fully saturated rings. The summed E-state index contributed by atoms with van der Waals surface area (Å²) in [6, 6.07) is 8.48. The Kier molecular flexibility index (Phi) is 4.17. The van der Waals surface area contributed by atoms with Crippen LogP contribution in [0, 0.1) is 0 Å². The maximum atomic E-state index is 11.4. The van der Waals surface area contributed by atoms with E-state index in [-0.39, 0.29) is 11.3 Å². The van der Waals surface area contributed by atoms with E-state index in [1.165, 1.54) is 13.0 Å². The molecular formula is C14H15N3O3. The molecule has 1 amide bonds. The van der Waals surface area contributed by atoms with Crippen molar-refractivity contribution >= 4 is 17.3 Å². The number of pyridine rings is 1. The van der Waals surface area contributed by atoms with Crippen LogP contribution in [0.4, 0.5) is 11.4 Å². The van der Waals surface area contributed by atoms with Crippen LogP contribution in [0.25, 0.3) is 0 Å². The zero-order chi connectivity index (χ0) is 14.5. The highest BCUT2D eigenvalue weighted by Crippen LogP contribution is 2.31. The molecule has 0 spiro atoms. The molecule has 1 unspecified atom stereocenters. The van der Waals surface area contributed by atoms with Gasteiger partial charge in [-0.3, -0.25) is 9.78 Å². The van der Waals surface area contributed by atoms with E-state index in [4.69, 9.17) is 10.5 Å². The number of aromatic nitrogens is 1. The molecule has 0 aliphatic rings.